The molecule has 0 bridgehead atoms. The van der Waals surface area contributed by atoms with Gasteiger partial charge in [0.1, 0.15) is 5.82 Å². The molecule has 1 heterocycles. The van der Waals surface area contributed by atoms with Crippen molar-refractivity contribution in [2.24, 2.45) is 0 Å². The number of halogens is 1. The van der Waals surface area contributed by atoms with Gasteiger partial charge in [-0.2, -0.15) is 15.0 Å². The van der Waals surface area contributed by atoms with Gasteiger partial charge in [0.05, 0.1) is 5.75 Å². The number of carbonyl (C=O) groups excluding carboxylic acids is 1. The standard InChI is InChI=1S/C11H11FN6OS/c12-6-2-1-3-7(4-6)15-8(19)5-20-11-17-9(13)16-10(14)18-11/h1-4H,5H2,(H,15,19)(H4,13,14,16,17,18). The zero-order chi connectivity index (χ0) is 14.5. The molecule has 7 nitrogen and oxygen atoms in total. The summed E-state index contributed by atoms with van der Waals surface area (Å²) in [6, 6.07) is 5.61. The maximum atomic E-state index is 12.9. The fourth-order valence-corrected chi connectivity index (χ4v) is 1.99. The lowest BCUT2D eigenvalue weighted by Gasteiger charge is -2.05. The lowest BCUT2D eigenvalue weighted by Crippen LogP contribution is -2.14. The van der Waals surface area contributed by atoms with Crippen molar-refractivity contribution in [3.05, 3.63) is 30.1 Å². The van der Waals surface area contributed by atoms with Crippen LogP contribution in [0.25, 0.3) is 0 Å². The van der Waals surface area contributed by atoms with Crippen LogP contribution in [0.1, 0.15) is 0 Å². The van der Waals surface area contributed by atoms with Gasteiger partial charge < -0.3 is 16.8 Å². The first-order valence-electron chi connectivity index (χ1n) is 5.48. The van der Waals surface area contributed by atoms with Gasteiger partial charge in [0.25, 0.3) is 0 Å². The molecular weight excluding hydrogens is 283 g/mol. The summed E-state index contributed by atoms with van der Waals surface area (Å²) < 4.78 is 12.9. The predicted molar refractivity (Wildman–Crippen MR) is 74.4 cm³/mol. The SMILES string of the molecule is Nc1nc(N)nc(SCC(=O)Nc2cccc(F)c2)n1. The molecule has 0 atom stereocenters. The molecule has 1 aromatic heterocycles. The van der Waals surface area contributed by atoms with Crippen molar-refractivity contribution in [2.45, 2.75) is 5.16 Å². The molecular formula is C11H11FN6OS. The molecule has 0 spiro atoms. The third-order valence-electron chi connectivity index (χ3n) is 2.09. The minimum atomic E-state index is -0.423. The molecule has 0 fully saturated rings. The molecule has 0 aliphatic rings. The first-order chi connectivity index (χ1) is 9.52. The van der Waals surface area contributed by atoms with E-state index in [0.29, 0.717) is 5.69 Å². The number of rotatable bonds is 4. The van der Waals surface area contributed by atoms with Crippen molar-refractivity contribution in [1.82, 2.24) is 15.0 Å². The Morgan fingerprint density at radius 1 is 1.25 bits per heavy atom. The predicted octanol–water partition coefficient (Wildman–Crippen LogP) is 0.906. The fraction of sp³-hybridized carbons (Fsp3) is 0.0909. The molecule has 9 heteroatoms. The Kier molecular flexibility index (Phi) is 4.31. The Hall–Kier alpha value is -2.42. The molecule has 0 saturated heterocycles. The Balaban J connectivity index is 1.92. The molecule has 1 aromatic carbocycles. The van der Waals surface area contributed by atoms with Crippen LogP contribution in [0.3, 0.4) is 0 Å². The lowest BCUT2D eigenvalue weighted by atomic mass is 10.3. The number of hydrogen-bond acceptors (Lipinski definition) is 7. The molecule has 1 amide bonds. The highest BCUT2D eigenvalue weighted by atomic mass is 32.2. The van der Waals surface area contributed by atoms with Gasteiger partial charge in [-0.3, -0.25) is 4.79 Å². The molecule has 2 aromatic rings. The Morgan fingerprint density at radius 2 is 1.95 bits per heavy atom. The van der Waals surface area contributed by atoms with Crippen molar-refractivity contribution < 1.29 is 9.18 Å². The number of hydrogen-bond donors (Lipinski definition) is 3. The van der Waals surface area contributed by atoms with Crippen LogP contribution in [0.5, 0.6) is 0 Å². The quantitative estimate of drug-likeness (QED) is 0.717. The van der Waals surface area contributed by atoms with Gasteiger partial charge in [-0.25, -0.2) is 4.39 Å². The zero-order valence-electron chi connectivity index (χ0n) is 10.2. The summed E-state index contributed by atoms with van der Waals surface area (Å²) in [7, 11) is 0. The highest BCUT2D eigenvalue weighted by Gasteiger charge is 2.07. The van der Waals surface area contributed by atoms with Gasteiger partial charge in [0, 0.05) is 5.69 Å². The van der Waals surface area contributed by atoms with Crippen LogP contribution in [0.2, 0.25) is 0 Å². The minimum absolute atomic E-state index is 0.00876. The number of nitrogens with zero attached hydrogens (tertiary/aromatic N) is 3. The smallest absolute Gasteiger partial charge is 0.234 e. The summed E-state index contributed by atoms with van der Waals surface area (Å²) in [5, 5.41) is 2.80. The van der Waals surface area contributed by atoms with Crippen LogP contribution in [-0.4, -0.2) is 26.6 Å². The minimum Gasteiger partial charge on any atom is -0.368 e. The number of aromatic nitrogens is 3. The van der Waals surface area contributed by atoms with E-state index < -0.39 is 5.82 Å². The first-order valence-corrected chi connectivity index (χ1v) is 6.47. The van der Waals surface area contributed by atoms with Gasteiger partial charge >= 0.3 is 0 Å². The Morgan fingerprint density at radius 3 is 2.60 bits per heavy atom. The summed E-state index contributed by atoms with van der Waals surface area (Å²) in [5.74, 6) is -0.720. The van der Waals surface area contributed by atoms with Crippen LogP contribution in [0, 0.1) is 5.82 Å². The van der Waals surface area contributed by atoms with E-state index in [4.69, 9.17) is 11.5 Å². The van der Waals surface area contributed by atoms with Crippen LogP contribution in [-0.2, 0) is 4.79 Å². The maximum absolute atomic E-state index is 12.9. The Bertz CT molecular complexity index is 618. The molecule has 0 radical (unpaired) electrons. The van der Waals surface area contributed by atoms with Crippen LogP contribution < -0.4 is 16.8 Å². The van der Waals surface area contributed by atoms with Gasteiger partial charge in [-0.1, -0.05) is 17.8 Å². The lowest BCUT2D eigenvalue weighted by molar-refractivity contribution is -0.113. The first kappa shape index (κ1) is 14.0. The topological polar surface area (TPSA) is 120 Å². The second-order valence-electron chi connectivity index (χ2n) is 3.68. The number of thioether (sulfide) groups is 1. The van der Waals surface area contributed by atoms with Crippen molar-refractivity contribution in [3.8, 4) is 0 Å². The molecule has 104 valence electrons. The number of benzene rings is 1. The monoisotopic (exact) mass is 294 g/mol. The van der Waals surface area contributed by atoms with E-state index in [2.05, 4.69) is 20.3 Å². The highest BCUT2D eigenvalue weighted by molar-refractivity contribution is 7.99. The molecule has 0 aliphatic heterocycles. The van der Waals surface area contributed by atoms with E-state index in [1.54, 1.807) is 6.07 Å². The normalized spacial score (nSPS) is 10.2. The average Bonchev–Trinajstić information content (AvgIpc) is 2.35. The number of carbonyl (C=O) groups is 1. The van der Waals surface area contributed by atoms with E-state index in [1.807, 2.05) is 0 Å². The number of nitrogens with two attached hydrogens (primary N) is 2. The van der Waals surface area contributed by atoms with Crippen LogP contribution in [0.15, 0.2) is 29.4 Å². The molecule has 0 unspecified atom stereocenters. The number of nitrogens with one attached hydrogen (secondary N) is 1. The second kappa shape index (κ2) is 6.15. The molecule has 2 rings (SSSR count). The second-order valence-corrected chi connectivity index (χ2v) is 4.62. The third kappa shape index (κ3) is 4.05. The van der Waals surface area contributed by atoms with Crippen molar-refractivity contribution >= 4 is 35.3 Å². The fourth-order valence-electron chi connectivity index (χ4n) is 1.35. The van der Waals surface area contributed by atoms with Crippen LogP contribution in [0.4, 0.5) is 22.0 Å². The molecule has 0 saturated carbocycles. The van der Waals surface area contributed by atoms with Crippen LogP contribution >= 0.6 is 11.8 Å². The zero-order valence-corrected chi connectivity index (χ0v) is 11.0. The van der Waals surface area contributed by atoms with Crippen molar-refractivity contribution in [1.29, 1.82) is 0 Å². The van der Waals surface area contributed by atoms with E-state index in [9.17, 15) is 9.18 Å². The third-order valence-corrected chi connectivity index (χ3v) is 2.94. The summed E-state index contributed by atoms with van der Waals surface area (Å²) in [6.07, 6.45) is 0. The number of amides is 1. The number of anilines is 3. The molecule has 5 N–H and O–H groups in total. The van der Waals surface area contributed by atoms with E-state index in [0.717, 1.165) is 11.8 Å². The molecule has 20 heavy (non-hydrogen) atoms. The molecule has 0 aliphatic carbocycles. The van der Waals surface area contributed by atoms with Gasteiger partial charge in [0.15, 0.2) is 5.16 Å². The average molecular weight is 294 g/mol. The van der Waals surface area contributed by atoms with E-state index in [-0.39, 0.29) is 28.7 Å². The summed E-state index contributed by atoms with van der Waals surface area (Å²) in [5.41, 5.74) is 11.2. The van der Waals surface area contributed by atoms with Gasteiger partial charge in [0.2, 0.25) is 17.8 Å². The van der Waals surface area contributed by atoms with Crippen molar-refractivity contribution in [2.75, 3.05) is 22.5 Å². The van der Waals surface area contributed by atoms with E-state index in [1.165, 1.54) is 18.2 Å². The van der Waals surface area contributed by atoms with Gasteiger partial charge in [-0.15, -0.1) is 0 Å². The van der Waals surface area contributed by atoms with Gasteiger partial charge in [-0.05, 0) is 18.2 Å². The Labute approximate surface area is 118 Å². The summed E-state index contributed by atoms with van der Waals surface area (Å²) in [6.45, 7) is 0. The maximum Gasteiger partial charge on any atom is 0.234 e. The van der Waals surface area contributed by atoms with Crippen molar-refractivity contribution in [3.63, 3.8) is 0 Å². The summed E-state index contributed by atoms with van der Waals surface area (Å²) in [4.78, 5) is 22.9. The number of nitrogen functional groups attached to an aromatic ring is 2. The largest absolute Gasteiger partial charge is 0.368 e. The highest BCUT2D eigenvalue weighted by Crippen LogP contribution is 2.15. The van der Waals surface area contributed by atoms with E-state index >= 15 is 0 Å². The summed E-state index contributed by atoms with van der Waals surface area (Å²) >= 11 is 1.05.